The molecule has 0 bridgehead atoms. The Bertz CT molecular complexity index is 517. The van der Waals surface area contributed by atoms with E-state index >= 15 is 0 Å². The summed E-state index contributed by atoms with van der Waals surface area (Å²) in [6, 6.07) is 0.485. The minimum absolute atomic E-state index is 0.0362. The van der Waals surface area contributed by atoms with Gasteiger partial charge in [-0.15, -0.1) is 0 Å². The number of nitrogens with zero attached hydrogens (tertiary/aromatic N) is 1. The monoisotopic (exact) mass is 405 g/mol. The fourth-order valence-electron chi connectivity index (χ4n) is 4.81. The molecule has 0 spiro atoms. The number of hydrogen-bond acceptors (Lipinski definition) is 5. The Kier molecular flexibility index (Phi) is 11.0. The maximum Gasteiger partial charge on any atom is 0.330 e. The molecule has 164 valence electrons. The first-order valence-corrected chi connectivity index (χ1v) is 11.6. The van der Waals surface area contributed by atoms with Crippen LogP contribution >= 0.6 is 0 Å². The van der Waals surface area contributed by atoms with E-state index in [0.29, 0.717) is 19.1 Å². The molecule has 0 aromatic rings. The van der Waals surface area contributed by atoms with Crippen LogP contribution in [-0.4, -0.2) is 37.4 Å². The van der Waals surface area contributed by atoms with Crippen LogP contribution in [0.15, 0.2) is 17.6 Å². The molecule has 2 fully saturated rings. The highest BCUT2D eigenvalue weighted by molar-refractivity contribution is 5.81. The first-order chi connectivity index (χ1) is 14.1. The largest absolute Gasteiger partial charge is 0.463 e. The van der Waals surface area contributed by atoms with Crippen molar-refractivity contribution in [2.45, 2.75) is 102 Å². The molecule has 2 saturated carbocycles. The maximum atomic E-state index is 12.1. The van der Waals surface area contributed by atoms with Gasteiger partial charge in [0.25, 0.3) is 0 Å². The van der Waals surface area contributed by atoms with Crippen molar-refractivity contribution < 1.29 is 19.1 Å². The Balaban J connectivity index is 1.47. The number of carbonyl (C=O) groups excluding carboxylic acids is 2. The molecule has 0 N–H and O–H groups in total. The van der Waals surface area contributed by atoms with Gasteiger partial charge in [-0.05, 0) is 82.8 Å². The molecule has 5 nitrogen and oxygen atoms in total. The van der Waals surface area contributed by atoms with Gasteiger partial charge in [0.1, 0.15) is 6.10 Å². The van der Waals surface area contributed by atoms with Gasteiger partial charge in [-0.2, -0.15) is 0 Å². The van der Waals surface area contributed by atoms with Gasteiger partial charge in [0.2, 0.25) is 0 Å². The summed E-state index contributed by atoms with van der Waals surface area (Å²) in [4.78, 5) is 27.2. The standard InChI is InChI=1S/C24H39NO4/c1-3-23(26)28-18-8-6-4-5-7-9-24(27)29-22-16-12-20(13-17-22)19-10-14-21(25-2)15-11-19/h3,19-22H,1-2,4-18H2. The Morgan fingerprint density at radius 3 is 2.07 bits per heavy atom. The van der Waals surface area contributed by atoms with Crippen molar-refractivity contribution in [3.05, 3.63) is 12.7 Å². The summed E-state index contributed by atoms with van der Waals surface area (Å²) in [5.74, 6) is 1.25. The van der Waals surface area contributed by atoms with Crippen molar-refractivity contribution >= 4 is 18.7 Å². The number of carbonyl (C=O) groups is 2. The maximum absolute atomic E-state index is 12.1. The fraction of sp³-hybridized carbons (Fsp3) is 0.792. The highest BCUT2D eigenvalue weighted by Gasteiger charge is 2.31. The molecule has 0 saturated heterocycles. The molecule has 0 aliphatic heterocycles. The summed E-state index contributed by atoms with van der Waals surface area (Å²) in [7, 11) is 0. The Hall–Kier alpha value is -1.65. The van der Waals surface area contributed by atoms with E-state index in [1.54, 1.807) is 0 Å². The van der Waals surface area contributed by atoms with Gasteiger partial charge in [-0.1, -0.05) is 25.8 Å². The Morgan fingerprint density at radius 2 is 1.45 bits per heavy atom. The lowest BCUT2D eigenvalue weighted by Gasteiger charge is -2.36. The molecule has 0 unspecified atom stereocenters. The van der Waals surface area contributed by atoms with Crippen LogP contribution in [0.3, 0.4) is 0 Å². The molecule has 0 atom stereocenters. The van der Waals surface area contributed by atoms with Crippen LogP contribution in [0.1, 0.15) is 89.9 Å². The topological polar surface area (TPSA) is 65.0 Å². The summed E-state index contributed by atoms with van der Waals surface area (Å²) in [6.07, 6.45) is 16.1. The summed E-state index contributed by atoms with van der Waals surface area (Å²) >= 11 is 0. The quantitative estimate of drug-likeness (QED) is 0.188. The third kappa shape index (κ3) is 9.14. The van der Waals surface area contributed by atoms with Crippen LogP contribution < -0.4 is 0 Å². The summed E-state index contributed by atoms with van der Waals surface area (Å²) in [5, 5.41) is 0. The number of unbranched alkanes of at least 4 members (excludes halogenated alkanes) is 4. The van der Waals surface area contributed by atoms with Crippen molar-refractivity contribution in [2.24, 2.45) is 16.8 Å². The molecular formula is C24H39NO4. The van der Waals surface area contributed by atoms with Crippen molar-refractivity contribution in [3.8, 4) is 0 Å². The third-order valence-electron chi connectivity index (χ3n) is 6.62. The number of aliphatic imine (C=N–C) groups is 1. The Morgan fingerprint density at radius 1 is 0.862 bits per heavy atom. The average Bonchev–Trinajstić information content (AvgIpc) is 2.76. The van der Waals surface area contributed by atoms with Crippen LogP contribution in [0.5, 0.6) is 0 Å². The van der Waals surface area contributed by atoms with Crippen molar-refractivity contribution in [1.82, 2.24) is 0 Å². The molecule has 2 aliphatic carbocycles. The molecular weight excluding hydrogens is 366 g/mol. The predicted octanol–water partition coefficient (Wildman–Crippen LogP) is 5.42. The summed E-state index contributed by atoms with van der Waals surface area (Å²) < 4.78 is 10.7. The molecule has 0 radical (unpaired) electrons. The van der Waals surface area contributed by atoms with Gasteiger partial charge in [0.05, 0.1) is 6.61 Å². The molecule has 0 aromatic carbocycles. The molecule has 5 heteroatoms. The molecule has 0 aromatic heterocycles. The SMILES string of the molecule is C=CC(=O)OCCCCCCCC(=O)OC1CCC(C2CCC(N=C)CC2)CC1. The van der Waals surface area contributed by atoms with Gasteiger partial charge in [0, 0.05) is 18.5 Å². The second-order valence-electron chi connectivity index (χ2n) is 8.67. The van der Waals surface area contributed by atoms with Crippen LogP contribution in [0.25, 0.3) is 0 Å². The van der Waals surface area contributed by atoms with E-state index in [1.165, 1.54) is 44.6 Å². The second-order valence-corrected chi connectivity index (χ2v) is 8.67. The first kappa shape index (κ1) is 23.6. The zero-order valence-corrected chi connectivity index (χ0v) is 18.0. The highest BCUT2D eigenvalue weighted by Crippen LogP contribution is 2.39. The van der Waals surface area contributed by atoms with E-state index in [2.05, 4.69) is 18.3 Å². The Labute approximate surface area is 176 Å². The third-order valence-corrected chi connectivity index (χ3v) is 6.62. The fourth-order valence-corrected chi connectivity index (χ4v) is 4.81. The predicted molar refractivity (Wildman–Crippen MR) is 116 cm³/mol. The van der Waals surface area contributed by atoms with Crippen LogP contribution in [0, 0.1) is 11.8 Å². The van der Waals surface area contributed by atoms with E-state index in [-0.39, 0.29) is 18.0 Å². The van der Waals surface area contributed by atoms with Crippen molar-refractivity contribution in [2.75, 3.05) is 6.61 Å². The zero-order chi connectivity index (χ0) is 20.9. The van der Waals surface area contributed by atoms with Gasteiger partial charge >= 0.3 is 11.9 Å². The number of rotatable bonds is 12. The average molecular weight is 406 g/mol. The van der Waals surface area contributed by atoms with Crippen molar-refractivity contribution in [1.29, 1.82) is 0 Å². The van der Waals surface area contributed by atoms with E-state index in [9.17, 15) is 9.59 Å². The first-order valence-electron chi connectivity index (χ1n) is 11.6. The van der Waals surface area contributed by atoms with E-state index < -0.39 is 0 Å². The minimum Gasteiger partial charge on any atom is -0.463 e. The number of ether oxygens (including phenoxy) is 2. The van der Waals surface area contributed by atoms with E-state index in [0.717, 1.165) is 56.8 Å². The van der Waals surface area contributed by atoms with Crippen molar-refractivity contribution in [3.63, 3.8) is 0 Å². The summed E-state index contributed by atoms with van der Waals surface area (Å²) in [6.45, 7) is 7.51. The van der Waals surface area contributed by atoms with Gasteiger partial charge in [-0.3, -0.25) is 9.79 Å². The van der Waals surface area contributed by atoms with Crippen LogP contribution in [-0.2, 0) is 19.1 Å². The summed E-state index contributed by atoms with van der Waals surface area (Å²) in [5.41, 5.74) is 0. The van der Waals surface area contributed by atoms with Gasteiger partial charge in [-0.25, -0.2) is 4.79 Å². The van der Waals surface area contributed by atoms with Gasteiger partial charge < -0.3 is 9.47 Å². The molecule has 0 heterocycles. The lowest BCUT2D eigenvalue weighted by Crippen LogP contribution is -2.30. The zero-order valence-electron chi connectivity index (χ0n) is 18.0. The smallest absolute Gasteiger partial charge is 0.330 e. The minimum atomic E-state index is -0.362. The second kappa shape index (κ2) is 13.6. The lowest BCUT2D eigenvalue weighted by atomic mass is 9.72. The van der Waals surface area contributed by atoms with E-state index in [1.807, 2.05) is 0 Å². The number of esters is 2. The highest BCUT2D eigenvalue weighted by atomic mass is 16.5. The molecule has 2 rings (SSSR count). The number of hydrogen-bond donors (Lipinski definition) is 0. The van der Waals surface area contributed by atoms with E-state index in [4.69, 9.17) is 9.47 Å². The molecule has 2 aliphatic rings. The normalized spacial score (nSPS) is 27.0. The lowest BCUT2D eigenvalue weighted by molar-refractivity contribution is -0.151. The van der Waals surface area contributed by atoms with Crippen LogP contribution in [0.2, 0.25) is 0 Å². The van der Waals surface area contributed by atoms with Gasteiger partial charge in [0.15, 0.2) is 0 Å². The molecule has 29 heavy (non-hydrogen) atoms. The molecule has 0 amide bonds. The van der Waals surface area contributed by atoms with Crippen LogP contribution in [0.4, 0.5) is 0 Å².